The van der Waals surface area contributed by atoms with Crippen molar-refractivity contribution in [3.63, 3.8) is 0 Å². The van der Waals surface area contributed by atoms with Gasteiger partial charge in [-0.3, -0.25) is 0 Å². The molecule has 3 aromatic rings. The summed E-state index contributed by atoms with van der Waals surface area (Å²) in [6.07, 6.45) is 1.88. The van der Waals surface area contributed by atoms with Crippen molar-refractivity contribution in [2.45, 2.75) is 17.1 Å². The van der Waals surface area contributed by atoms with Gasteiger partial charge in [0.2, 0.25) is 0 Å². The number of hydrogen-bond acceptors (Lipinski definition) is 3. The monoisotopic (exact) mass is 331 g/mol. The van der Waals surface area contributed by atoms with Crippen LogP contribution in [0.15, 0.2) is 65.0 Å². The molecule has 3 nitrogen and oxygen atoms in total. The van der Waals surface area contributed by atoms with Crippen molar-refractivity contribution < 1.29 is 8.42 Å². The lowest BCUT2D eigenvalue weighted by Gasteiger charge is -2.18. The van der Waals surface area contributed by atoms with Gasteiger partial charge in [0.05, 0.1) is 4.90 Å². The third-order valence-electron chi connectivity index (χ3n) is 3.71. The minimum absolute atomic E-state index is 0.359. The summed E-state index contributed by atoms with van der Waals surface area (Å²) in [4.78, 5) is 1.19. The Hall–Kier alpha value is -1.85. The van der Waals surface area contributed by atoms with Gasteiger partial charge in [-0.25, -0.2) is 8.42 Å². The average Bonchev–Trinajstić information content (AvgIpc) is 3.13. The maximum absolute atomic E-state index is 13.2. The Morgan fingerprint density at radius 2 is 1.77 bits per heavy atom. The van der Waals surface area contributed by atoms with Crippen molar-refractivity contribution in [1.82, 2.24) is 4.57 Å². The zero-order chi connectivity index (χ0) is 15.7. The Morgan fingerprint density at radius 1 is 1.05 bits per heavy atom. The second-order valence-corrected chi connectivity index (χ2v) is 8.31. The molecule has 0 saturated heterocycles. The summed E-state index contributed by atoms with van der Waals surface area (Å²) in [6.45, 7) is 1.95. The standard InChI is InChI=1S/C17H17NO2S2/c1-13-7-9-14(10-8-13)22(19,20)17(16-6-4-12-21-16)15-5-3-11-18(15)2/h3-12,17H,1-2H3. The van der Waals surface area contributed by atoms with Crippen molar-refractivity contribution in [3.05, 3.63) is 76.2 Å². The van der Waals surface area contributed by atoms with Crippen LogP contribution < -0.4 is 0 Å². The van der Waals surface area contributed by atoms with Crippen molar-refractivity contribution in [2.24, 2.45) is 7.05 Å². The Labute approximate surface area is 134 Å². The smallest absolute Gasteiger partial charge is 0.191 e. The fraction of sp³-hybridized carbons (Fsp3) is 0.176. The summed E-state index contributed by atoms with van der Waals surface area (Å²) in [7, 11) is -1.62. The molecule has 2 aromatic heterocycles. The highest BCUT2D eigenvalue weighted by atomic mass is 32.2. The first-order valence-electron chi connectivity index (χ1n) is 6.95. The van der Waals surface area contributed by atoms with Crippen LogP contribution in [0.3, 0.4) is 0 Å². The van der Waals surface area contributed by atoms with E-state index in [0.29, 0.717) is 4.90 Å². The van der Waals surface area contributed by atoms with Gasteiger partial charge in [0.25, 0.3) is 0 Å². The minimum Gasteiger partial charge on any atom is -0.353 e. The molecule has 3 rings (SSSR count). The van der Waals surface area contributed by atoms with Crippen molar-refractivity contribution in [2.75, 3.05) is 0 Å². The molecule has 0 amide bonds. The van der Waals surface area contributed by atoms with Crippen LogP contribution in [-0.4, -0.2) is 13.0 Å². The fourth-order valence-corrected chi connectivity index (χ4v) is 5.51. The molecular formula is C17H17NO2S2. The van der Waals surface area contributed by atoms with E-state index in [0.717, 1.165) is 16.1 Å². The number of thiophene rings is 1. The van der Waals surface area contributed by atoms with Gasteiger partial charge in [-0.1, -0.05) is 23.8 Å². The summed E-state index contributed by atoms with van der Waals surface area (Å²) in [5.41, 5.74) is 1.83. The lowest BCUT2D eigenvalue weighted by Crippen LogP contribution is -2.17. The number of aryl methyl sites for hydroxylation is 2. The van der Waals surface area contributed by atoms with Crippen molar-refractivity contribution in [1.29, 1.82) is 0 Å². The topological polar surface area (TPSA) is 39.1 Å². The van der Waals surface area contributed by atoms with E-state index in [4.69, 9.17) is 0 Å². The van der Waals surface area contributed by atoms with Gasteiger partial charge in [-0.15, -0.1) is 11.3 Å². The van der Waals surface area contributed by atoms with Gasteiger partial charge in [-0.2, -0.15) is 0 Å². The van der Waals surface area contributed by atoms with Crippen LogP contribution in [0, 0.1) is 6.92 Å². The third-order valence-corrected chi connectivity index (χ3v) is 6.85. The molecule has 0 N–H and O–H groups in total. The third kappa shape index (κ3) is 2.62. The lowest BCUT2D eigenvalue weighted by molar-refractivity contribution is 0.586. The molecule has 0 aliphatic heterocycles. The first-order valence-corrected chi connectivity index (χ1v) is 9.38. The van der Waals surface area contributed by atoms with Gasteiger partial charge in [0.15, 0.2) is 9.84 Å². The van der Waals surface area contributed by atoms with Gasteiger partial charge in [0.1, 0.15) is 5.25 Å². The number of aromatic nitrogens is 1. The number of hydrogen-bond donors (Lipinski definition) is 0. The molecule has 1 atom stereocenters. The maximum Gasteiger partial charge on any atom is 0.191 e. The number of nitrogens with zero attached hydrogens (tertiary/aromatic N) is 1. The molecule has 0 aliphatic rings. The van der Waals surface area contributed by atoms with Crippen molar-refractivity contribution in [3.8, 4) is 0 Å². The summed E-state index contributed by atoms with van der Waals surface area (Å²) < 4.78 is 28.2. The summed E-state index contributed by atoms with van der Waals surface area (Å²) >= 11 is 1.47. The van der Waals surface area contributed by atoms with Gasteiger partial charge >= 0.3 is 0 Å². The molecular weight excluding hydrogens is 314 g/mol. The van der Waals surface area contributed by atoms with Gasteiger partial charge in [0, 0.05) is 23.8 Å². The van der Waals surface area contributed by atoms with Crippen molar-refractivity contribution >= 4 is 21.2 Å². The zero-order valence-corrected chi connectivity index (χ0v) is 14.1. The van der Waals surface area contributed by atoms with E-state index < -0.39 is 15.1 Å². The van der Waals surface area contributed by atoms with Gasteiger partial charge < -0.3 is 4.57 Å². The quantitative estimate of drug-likeness (QED) is 0.726. The van der Waals surface area contributed by atoms with Crippen LogP contribution >= 0.6 is 11.3 Å². The van der Waals surface area contributed by atoms with Crippen LogP contribution in [0.4, 0.5) is 0 Å². The second-order valence-electron chi connectivity index (χ2n) is 5.30. The molecule has 1 aromatic carbocycles. The minimum atomic E-state index is -3.50. The average molecular weight is 331 g/mol. The first kappa shape index (κ1) is 15.1. The highest BCUT2D eigenvalue weighted by Gasteiger charge is 2.33. The number of sulfone groups is 1. The molecule has 114 valence electrons. The van der Waals surface area contributed by atoms with Crippen LogP contribution in [-0.2, 0) is 16.9 Å². The Balaban J connectivity index is 2.18. The van der Waals surface area contributed by atoms with E-state index in [2.05, 4.69) is 0 Å². The molecule has 5 heteroatoms. The Kier molecular flexibility index (Phi) is 3.93. The number of benzene rings is 1. The van der Waals surface area contributed by atoms with Crippen LogP contribution in [0.2, 0.25) is 0 Å². The van der Waals surface area contributed by atoms with E-state index in [1.807, 2.05) is 66.5 Å². The molecule has 0 bridgehead atoms. The van der Waals surface area contributed by atoms with E-state index in [9.17, 15) is 8.42 Å². The highest BCUT2D eigenvalue weighted by Crippen LogP contribution is 2.37. The van der Waals surface area contributed by atoms with Crippen LogP contribution in [0.1, 0.15) is 21.4 Å². The first-order chi connectivity index (χ1) is 10.5. The largest absolute Gasteiger partial charge is 0.353 e. The molecule has 2 heterocycles. The SMILES string of the molecule is Cc1ccc(S(=O)(=O)C(c2cccs2)c2cccn2C)cc1. The molecule has 0 aliphatic carbocycles. The molecule has 0 fully saturated rings. The normalized spacial score (nSPS) is 13.2. The molecule has 22 heavy (non-hydrogen) atoms. The predicted molar refractivity (Wildman–Crippen MR) is 89.9 cm³/mol. The highest BCUT2D eigenvalue weighted by molar-refractivity contribution is 7.92. The Bertz CT molecular complexity index is 860. The van der Waals surface area contributed by atoms with Gasteiger partial charge in [-0.05, 0) is 42.6 Å². The summed E-state index contributed by atoms with van der Waals surface area (Å²) in [5, 5.41) is 1.24. The second kappa shape index (κ2) is 5.74. The fourth-order valence-electron chi connectivity index (χ4n) is 2.51. The summed E-state index contributed by atoms with van der Waals surface area (Å²) in [5.74, 6) is 0. The maximum atomic E-state index is 13.2. The van der Waals surface area contributed by atoms with E-state index in [1.54, 1.807) is 12.1 Å². The summed E-state index contributed by atoms with van der Waals surface area (Å²) in [6, 6.07) is 14.6. The van der Waals surface area contributed by atoms with Crippen LogP contribution in [0.25, 0.3) is 0 Å². The lowest BCUT2D eigenvalue weighted by atomic mass is 10.2. The van der Waals surface area contributed by atoms with E-state index in [-0.39, 0.29) is 0 Å². The van der Waals surface area contributed by atoms with Crippen LogP contribution in [0.5, 0.6) is 0 Å². The van der Waals surface area contributed by atoms with E-state index >= 15 is 0 Å². The molecule has 0 radical (unpaired) electrons. The molecule has 1 unspecified atom stereocenters. The molecule has 0 saturated carbocycles. The predicted octanol–water partition coefficient (Wildman–Crippen LogP) is 3.96. The Morgan fingerprint density at radius 3 is 2.32 bits per heavy atom. The molecule has 0 spiro atoms. The number of rotatable bonds is 4. The van der Waals surface area contributed by atoms with E-state index in [1.165, 1.54) is 11.3 Å². The zero-order valence-electron chi connectivity index (χ0n) is 12.4.